The van der Waals surface area contributed by atoms with Gasteiger partial charge >= 0.3 is 0 Å². The number of likely N-dealkylation sites (tertiary alicyclic amines) is 1. The van der Waals surface area contributed by atoms with Gasteiger partial charge in [-0.05, 0) is 30.9 Å². The summed E-state index contributed by atoms with van der Waals surface area (Å²) in [5, 5.41) is 12.1. The molecule has 1 amide bonds. The Kier molecular flexibility index (Phi) is 4.41. The van der Waals surface area contributed by atoms with Crippen molar-refractivity contribution in [2.45, 2.75) is 50.7 Å². The van der Waals surface area contributed by atoms with Gasteiger partial charge in [0.25, 0.3) is 0 Å². The molecule has 0 aromatic heterocycles. The average Bonchev–Trinajstić information content (AvgIpc) is 2.48. The van der Waals surface area contributed by atoms with Crippen LogP contribution < -0.4 is 0 Å². The molecule has 0 bridgehead atoms. The number of carbonyl (C=O) groups is 1. The second-order valence-electron chi connectivity index (χ2n) is 6.51. The molecule has 0 radical (unpaired) electrons. The maximum atomic E-state index is 12.1. The van der Waals surface area contributed by atoms with Crippen LogP contribution in [0.2, 0.25) is 10.0 Å². The minimum Gasteiger partial charge on any atom is -0.389 e. The fourth-order valence-corrected chi connectivity index (χ4v) is 4.59. The molecule has 2 aliphatic rings. The number of benzene rings is 1. The van der Waals surface area contributed by atoms with Gasteiger partial charge in [-0.2, -0.15) is 0 Å². The highest BCUT2D eigenvalue weighted by Crippen LogP contribution is 2.50. The largest absolute Gasteiger partial charge is 0.389 e. The van der Waals surface area contributed by atoms with Crippen LogP contribution in [0.1, 0.15) is 50.6 Å². The zero-order valence-electron chi connectivity index (χ0n) is 12.7. The molecule has 1 aromatic rings. The van der Waals surface area contributed by atoms with Crippen molar-refractivity contribution in [1.29, 1.82) is 0 Å². The van der Waals surface area contributed by atoms with Crippen molar-refractivity contribution in [2.24, 2.45) is 5.92 Å². The van der Waals surface area contributed by atoms with Gasteiger partial charge < -0.3 is 10.0 Å². The van der Waals surface area contributed by atoms with Gasteiger partial charge in [0.15, 0.2) is 0 Å². The molecule has 1 saturated heterocycles. The van der Waals surface area contributed by atoms with Gasteiger partial charge in [0.2, 0.25) is 5.91 Å². The summed E-state index contributed by atoms with van der Waals surface area (Å²) in [5.41, 5.74) is 0.162. The highest BCUT2D eigenvalue weighted by atomic mass is 35.5. The first-order valence-corrected chi connectivity index (χ1v) is 8.63. The van der Waals surface area contributed by atoms with E-state index in [2.05, 4.69) is 0 Å². The summed E-state index contributed by atoms with van der Waals surface area (Å²) in [7, 11) is 0. The molecule has 3 atom stereocenters. The number of hydrogen-bond donors (Lipinski definition) is 1. The number of aliphatic hydroxyl groups is 1. The van der Waals surface area contributed by atoms with Crippen LogP contribution in [-0.2, 0) is 4.79 Å². The van der Waals surface area contributed by atoms with Crippen molar-refractivity contribution in [2.75, 3.05) is 6.54 Å². The van der Waals surface area contributed by atoms with Crippen LogP contribution >= 0.6 is 23.2 Å². The first-order chi connectivity index (χ1) is 10.4. The lowest BCUT2D eigenvalue weighted by Crippen LogP contribution is -2.55. The lowest BCUT2D eigenvalue weighted by molar-refractivity contribution is -0.153. The number of piperidine rings is 1. The second-order valence-corrected chi connectivity index (χ2v) is 7.29. The van der Waals surface area contributed by atoms with Gasteiger partial charge in [0, 0.05) is 19.4 Å². The van der Waals surface area contributed by atoms with Crippen LogP contribution in [0.25, 0.3) is 0 Å². The fourth-order valence-electron chi connectivity index (χ4n) is 4.17. The van der Waals surface area contributed by atoms with Crippen molar-refractivity contribution < 1.29 is 9.90 Å². The molecule has 1 aliphatic heterocycles. The molecule has 3 nitrogen and oxygen atoms in total. The zero-order chi connectivity index (χ0) is 15.9. The minimum atomic E-state index is -0.694. The van der Waals surface area contributed by atoms with Crippen LogP contribution in [-0.4, -0.2) is 28.1 Å². The van der Waals surface area contributed by atoms with E-state index in [9.17, 15) is 9.90 Å². The van der Waals surface area contributed by atoms with Crippen molar-refractivity contribution in [3.8, 4) is 0 Å². The van der Waals surface area contributed by atoms with Crippen molar-refractivity contribution in [1.82, 2.24) is 4.90 Å². The summed E-state index contributed by atoms with van der Waals surface area (Å²) >= 11 is 12.6. The first-order valence-electron chi connectivity index (χ1n) is 7.87. The van der Waals surface area contributed by atoms with E-state index in [-0.39, 0.29) is 17.9 Å². The van der Waals surface area contributed by atoms with Gasteiger partial charge in [-0.3, -0.25) is 4.79 Å². The lowest BCUT2D eigenvalue weighted by Gasteiger charge is -2.52. The van der Waals surface area contributed by atoms with Crippen LogP contribution in [0, 0.1) is 5.92 Å². The summed E-state index contributed by atoms with van der Waals surface area (Å²) in [4.78, 5) is 14.0. The van der Waals surface area contributed by atoms with E-state index in [1.54, 1.807) is 13.0 Å². The minimum absolute atomic E-state index is 0.0219. The maximum absolute atomic E-state index is 12.1. The molecule has 1 saturated carbocycles. The van der Waals surface area contributed by atoms with Gasteiger partial charge in [0.1, 0.15) is 0 Å². The molecule has 0 unspecified atom stereocenters. The molecule has 1 aliphatic carbocycles. The molecule has 22 heavy (non-hydrogen) atoms. The Morgan fingerprint density at radius 3 is 2.82 bits per heavy atom. The standard InChI is InChI=1S/C17H21Cl2NO2/c1-11(21)20-10-9-17(22)8-3-2-6-13(17)16(20)12-5-4-7-14(18)15(12)19/h4-5,7,13,16,22H,2-3,6,8-10H2,1H3/t13-,16-,17+/m0/s1. The number of rotatable bonds is 1. The predicted octanol–water partition coefficient (Wildman–Crippen LogP) is 4.21. The summed E-state index contributed by atoms with van der Waals surface area (Å²) in [6, 6.07) is 5.34. The number of amides is 1. The molecule has 1 aromatic carbocycles. The molecular weight excluding hydrogens is 321 g/mol. The zero-order valence-corrected chi connectivity index (χ0v) is 14.2. The summed E-state index contributed by atoms with van der Waals surface area (Å²) in [6.07, 6.45) is 4.48. The Labute approximate surface area is 141 Å². The second kappa shape index (κ2) is 6.03. The lowest BCUT2D eigenvalue weighted by atomic mass is 9.66. The van der Waals surface area contributed by atoms with E-state index in [0.717, 1.165) is 31.2 Å². The molecule has 1 N–H and O–H groups in total. The molecule has 2 fully saturated rings. The number of halogens is 2. The topological polar surface area (TPSA) is 40.5 Å². The summed E-state index contributed by atoms with van der Waals surface area (Å²) < 4.78 is 0. The van der Waals surface area contributed by atoms with Crippen LogP contribution in [0.4, 0.5) is 0 Å². The number of hydrogen-bond acceptors (Lipinski definition) is 2. The maximum Gasteiger partial charge on any atom is 0.219 e. The number of fused-ring (bicyclic) bond motifs is 1. The third kappa shape index (κ3) is 2.64. The van der Waals surface area contributed by atoms with Crippen molar-refractivity contribution in [3.05, 3.63) is 33.8 Å². The number of nitrogens with zero attached hydrogens (tertiary/aromatic N) is 1. The van der Waals surface area contributed by atoms with Crippen LogP contribution in [0.3, 0.4) is 0 Å². The molecular formula is C17H21Cl2NO2. The fraction of sp³-hybridized carbons (Fsp3) is 0.588. The first kappa shape index (κ1) is 16.1. The van der Waals surface area contributed by atoms with E-state index in [1.165, 1.54) is 0 Å². The third-order valence-corrected chi connectivity index (χ3v) is 6.11. The van der Waals surface area contributed by atoms with Gasteiger partial charge in [-0.15, -0.1) is 0 Å². The average molecular weight is 342 g/mol. The highest BCUT2D eigenvalue weighted by molar-refractivity contribution is 6.42. The van der Waals surface area contributed by atoms with Gasteiger partial charge in [0.05, 0.1) is 21.7 Å². The molecule has 120 valence electrons. The summed E-state index contributed by atoms with van der Waals surface area (Å²) in [6.45, 7) is 2.15. The SMILES string of the molecule is CC(=O)N1CC[C@]2(O)CCCC[C@H]2[C@@H]1c1cccc(Cl)c1Cl. The molecule has 5 heteroatoms. The normalized spacial score (nSPS) is 31.7. The van der Waals surface area contributed by atoms with E-state index in [0.29, 0.717) is 23.0 Å². The third-order valence-electron chi connectivity index (χ3n) is 5.27. The Hall–Kier alpha value is -0.770. The van der Waals surface area contributed by atoms with Gasteiger partial charge in [-0.25, -0.2) is 0 Å². The van der Waals surface area contributed by atoms with Crippen LogP contribution in [0.5, 0.6) is 0 Å². The van der Waals surface area contributed by atoms with Crippen molar-refractivity contribution in [3.63, 3.8) is 0 Å². The molecule has 3 rings (SSSR count). The van der Waals surface area contributed by atoms with Gasteiger partial charge in [-0.1, -0.05) is 48.2 Å². The highest BCUT2D eigenvalue weighted by Gasteiger charge is 2.50. The smallest absolute Gasteiger partial charge is 0.219 e. The molecule has 0 spiro atoms. The Balaban J connectivity index is 2.08. The Morgan fingerprint density at radius 1 is 1.32 bits per heavy atom. The quantitative estimate of drug-likeness (QED) is 0.831. The van der Waals surface area contributed by atoms with E-state index in [1.807, 2.05) is 17.0 Å². The monoisotopic (exact) mass is 341 g/mol. The molecule has 1 heterocycles. The van der Waals surface area contributed by atoms with Crippen LogP contribution in [0.15, 0.2) is 18.2 Å². The predicted molar refractivity (Wildman–Crippen MR) is 88.1 cm³/mol. The van der Waals surface area contributed by atoms with E-state index >= 15 is 0 Å². The number of carbonyl (C=O) groups excluding carboxylic acids is 1. The Bertz CT molecular complexity index is 592. The van der Waals surface area contributed by atoms with E-state index < -0.39 is 5.60 Å². The summed E-state index contributed by atoms with van der Waals surface area (Å²) in [5.74, 6) is 0.0449. The Morgan fingerprint density at radius 2 is 2.09 bits per heavy atom. The van der Waals surface area contributed by atoms with E-state index in [4.69, 9.17) is 23.2 Å². The van der Waals surface area contributed by atoms with Crippen molar-refractivity contribution >= 4 is 29.1 Å².